The molecule has 0 bridgehead atoms. The molecule has 5 aromatic rings. The number of hydrogen-bond donors (Lipinski definition) is 2. The van der Waals surface area contributed by atoms with E-state index in [1.54, 1.807) is 35.0 Å². The highest BCUT2D eigenvalue weighted by molar-refractivity contribution is 5.94. The number of hydrogen-bond acceptors (Lipinski definition) is 7. The summed E-state index contributed by atoms with van der Waals surface area (Å²) >= 11 is 0. The zero-order chi connectivity index (χ0) is 31.3. The Kier molecular flexibility index (Phi) is 8.50. The maximum absolute atomic E-state index is 12.7. The van der Waals surface area contributed by atoms with Gasteiger partial charge < -0.3 is 14.8 Å². The van der Waals surface area contributed by atoms with Gasteiger partial charge in [0.1, 0.15) is 11.5 Å². The third kappa shape index (κ3) is 8.11. The highest BCUT2D eigenvalue weighted by atomic mass is 19.4. The first-order valence-corrected chi connectivity index (χ1v) is 12.8. The van der Waals surface area contributed by atoms with Gasteiger partial charge in [0.05, 0.1) is 24.5 Å². The molecule has 0 fully saturated rings. The van der Waals surface area contributed by atoms with Crippen LogP contribution in [0.15, 0.2) is 78.9 Å². The summed E-state index contributed by atoms with van der Waals surface area (Å²) in [5, 5.41) is 20.6. The minimum absolute atomic E-state index is 0.0143. The number of H-pyrrole nitrogens is 1. The molecule has 5 rings (SSSR count). The molecule has 10 nitrogen and oxygen atoms in total. The number of carbonyl (C=O) groups excluding carboxylic acids is 1. The van der Waals surface area contributed by atoms with E-state index >= 15 is 0 Å². The number of halogens is 6. The number of rotatable bonds is 10. The van der Waals surface area contributed by atoms with Crippen molar-refractivity contribution < 1.29 is 40.6 Å². The lowest BCUT2D eigenvalue weighted by Crippen LogP contribution is -2.23. The lowest BCUT2D eigenvalue weighted by molar-refractivity contribution is -0.274. The molecule has 44 heavy (non-hydrogen) atoms. The van der Waals surface area contributed by atoms with Crippen LogP contribution in [0.3, 0.4) is 0 Å². The Balaban J connectivity index is 1.41. The Morgan fingerprint density at radius 3 is 2.25 bits per heavy atom. The minimum Gasteiger partial charge on any atom is -0.484 e. The second kappa shape index (κ2) is 12.4. The highest BCUT2D eigenvalue weighted by Gasteiger charge is 2.31. The second-order valence-corrected chi connectivity index (χ2v) is 9.28. The molecule has 0 atom stereocenters. The van der Waals surface area contributed by atoms with E-state index in [1.807, 2.05) is 0 Å². The number of nitrogens with zero attached hydrogens (tertiary/aromatic N) is 5. The molecule has 0 radical (unpaired) electrons. The van der Waals surface area contributed by atoms with Gasteiger partial charge in [-0.1, -0.05) is 17.3 Å². The minimum atomic E-state index is -4.85. The van der Waals surface area contributed by atoms with Crippen molar-refractivity contribution >= 4 is 5.91 Å². The van der Waals surface area contributed by atoms with E-state index in [1.165, 1.54) is 48.5 Å². The maximum Gasteiger partial charge on any atom is 0.573 e. The van der Waals surface area contributed by atoms with Crippen molar-refractivity contribution in [3.8, 4) is 34.0 Å². The van der Waals surface area contributed by atoms with Gasteiger partial charge in [-0.15, -0.1) is 23.4 Å². The second-order valence-electron chi connectivity index (χ2n) is 9.28. The third-order valence-corrected chi connectivity index (χ3v) is 6.03. The Morgan fingerprint density at radius 2 is 1.59 bits per heavy atom. The van der Waals surface area contributed by atoms with Gasteiger partial charge in [0.15, 0.2) is 12.4 Å². The number of carbonyl (C=O) groups is 1. The van der Waals surface area contributed by atoms with E-state index < -0.39 is 24.9 Å². The van der Waals surface area contributed by atoms with Crippen molar-refractivity contribution in [3.63, 3.8) is 0 Å². The van der Waals surface area contributed by atoms with Gasteiger partial charge in [0.25, 0.3) is 5.91 Å². The van der Waals surface area contributed by atoms with Crippen molar-refractivity contribution in [2.24, 2.45) is 0 Å². The van der Waals surface area contributed by atoms with Crippen LogP contribution in [0.5, 0.6) is 11.5 Å². The van der Waals surface area contributed by atoms with Crippen LogP contribution in [-0.2, 0) is 13.1 Å². The molecular weight excluding hydrogens is 596 g/mol. The third-order valence-electron chi connectivity index (χ3n) is 6.03. The monoisotopic (exact) mass is 617 g/mol. The molecule has 0 saturated heterocycles. The summed E-state index contributed by atoms with van der Waals surface area (Å²) in [6, 6.07) is 19.5. The molecule has 0 saturated carbocycles. The van der Waals surface area contributed by atoms with Crippen molar-refractivity contribution in [3.05, 3.63) is 95.8 Å². The zero-order valence-corrected chi connectivity index (χ0v) is 22.4. The van der Waals surface area contributed by atoms with Gasteiger partial charge in [0, 0.05) is 16.7 Å². The average Bonchev–Trinajstić information content (AvgIpc) is 3.65. The van der Waals surface area contributed by atoms with Gasteiger partial charge >= 0.3 is 12.5 Å². The van der Waals surface area contributed by atoms with Gasteiger partial charge in [-0.3, -0.25) is 9.48 Å². The fourth-order valence-corrected chi connectivity index (χ4v) is 4.13. The van der Waals surface area contributed by atoms with Crippen molar-refractivity contribution in [1.29, 1.82) is 0 Å². The number of amides is 1. The van der Waals surface area contributed by atoms with Crippen LogP contribution in [0.25, 0.3) is 22.5 Å². The molecule has 0 aliphatic heterocycles. The first kappa shape index (κ1) is 30.1. The molecule has 228 valence electrons. The number of aromatic amines is 1. The van der Waals surface area contributed by atoms with Crippen LogP contribution in [0, 0.1) is 0 Å². The fourth-order valence-electron chi connectivity index (χ4n) is 4.13. The fraction of sp³-hybridized carbons (Fsp3) is 0.179. The van der Waals surface area contributed by atoms with Gasteiger partial charge in [0.2, 0.25) is 0 Å². The van der Waals surface area contributed by atoms with Crippen LogP contribution in [0.1, 0.15) is 21.7 Å². The van der Waals surface area contributed by atoms with Crippen LogP contribution >= 0.6 is 0 Å². The Morgan fingerprint density at radius 1 is 0.886 bits per heavy atom. The van der Waals surface area contributed by atoms with Gasteiger partial charge in [-0.05, 0) is 72.3 Å². The van der Waals surface area contributed by atoms with Crippen LogP contribution in [0.4, 0.5) is 26.3 Å². The van der Waals surface area contributed by atoms with Crippen LogP contribution in [-0.4, -0.2) is 55.5 Å². The quantitative estimate of drug-likeness (QED) is 0.197. The van der Waals surface area contributed by atoms with E-state index in [-0.39, 0.29) is 24.7 Å². The first-order valence-electron chi connectivity index (χ1n) is 12.8. The molecule has 2 heterocycles. The standard InChI is InChI=1S/C28H21F6N7O3/c29-27(30,31)16-43-21-8-4-18(5-9-21)23-13-24(19-6-10-22(11-7-19)44-28(32,33)34)41(38-23)15-17-2-1-3-20(12-17)26(42)35-14-25-36-39-40-37-25/h1-13H,14-16H2,(H,35,42)(H,36,37,39,40). The summed E-state index contributed by atoms with van der Waals surface area (Å²) in [6.45, 7) is -1.22. The number of benzene rings is 3. The van der Waals surface area contributed by atoms with Crippen LogP contribution < -0.4 is 14.8 Å². The molecular formula is C28H21F6N7O3. The molecule has 2 aromatic heterocycles. The van der Waals surface area contributed by atoms with Gasteiger partial charge in [-0.2, -0.15) is 23.5 Å². The number of ether oxygens (including phenoxy) is 2. The summed E-state index contributed by atoms with van der Waals surface area (Å²) in [6.07, 6.45) is -9.34. The molecule has 0 unspecified atom stereocenters. The number of tetrazole rings is 1. The molecule has 2 N–H and O–H groups in total. The van der Waals surface area contributed by atoms with Crippen molar-refractivity contribution in [2.45, 2.75) is 25.6 Å². The van der Waals surface area contributed by atoms with E-state index in [0.717, 1.165) is 0 Å². The van der Waals surface area contributed by atoms with Gasteiger partial charge in [-0.25, -0.2) is 0 Å². The number of alkyl halides is 6. The summed E-state index contributed by atoms with van der Waals surface area (Å²) in [5.74, 6) is -0.470. The number of aromatic nitrogens is 6. The molecule has 16 heteroatoms. The summed E-state index contributed by atoms with van der Waals surface area (Å²) in [4.78, 5) is 12.7. The normalized spacial score (nSPS) is 11.8. The Hall–Kier alpha value is -5.41. The summed E-state index contributed by atoms with van der Waals surface area (Å²) in [5.41, 5.74) is 3.05. The summed E-state index contributed by atoms with van der Waals surface area (Å²) in [7, 11) is 0. The van der Waals surface area contributed by atoms with E-state index in [9.17, 15) is 31.1 Å². The molecule has 0 aliphatic rings. The van der Waals surface area contributed by atoms with E-state index in [4.69, 9.17) is 4.74 Å². The van der Waals surface area contributed by atoms with Crippen molar-refractivity contribution in [2.75, 3.05) is 6.61 Å². The molecule has 0 spiro atoms. The summed E-state index contributed by atoms with van der Waals surface area (Å²) < 4.78 is 85.9. The predicted molar refractivity (Wildman–Crippen MR) is 142 cm³/mol. The molecule has 3 aromatic carbocycles. The van der Waals surface area contributed by atoms with Crippen molar-refractivity contribution in [1.82, 2.24) is 35.7 Å². The largest absolute Gasteiger partial charge is 0.573 e. The highest BCUT2D eigenvalue weighted by Crippen LogP contribution is 2.31. The zero-order valence-electron chi connectivity index (χ0n) is 22.4. The smallest absolute Gasteiger partial charge is 0.484 e. The molecule has 0 aliphatic carbocycles. The van der Waals surface area contributed by atoms with E-state index in [2.05, 4.69) is 35.8 Å². The topological polar surface area (TPSA) is 120 Å². The number of nitrogens with one attached hydrogen (secondary N) is 2. The predicted octanol–water partition coefficient (Wildman–Crippen LogP) is 5.55. The Bertz CT molecular complexity index is 1700. The average molecular weight is 618 g/mol. The van der Waals surface area contributed by atoms with Crippen LogP contribution in [0.2, 0.25) is 0 Å². The van der Waals surface area contributed by atoms with E-state index in [0.29, 0.717) is 39.5 Å². The first-order chi connectivity index (χ1) is 20.9. The maximum atomic E-state index is 12.7. The lowest BCUT2D eigenvalue weighted by Gasteiger charge is -2.11. The molecule has 1 amide bonds. The SMILES string of the molecule is O=C(NCc1nn[nH]n1)c1cccc(Cn2nc(-c3ccc(OCC(F)(F)F)cc3)cc2-c2ccc(OC(F)(F)F)cc2)c1. The Labute approximate surface area is 244 Å². The lowest BCUT2D eigenvalue weighted by atomic mass is 10.1.